The van der Waals surface area contributed by atoms with Gasteiger partial charge >= 0.3 is 6.61 Å². The van der Waals surface area contributed by atoms with Crippen LogP contribution in [0, 0.1) is 5.92 Å². The van der Waals surface area contributed by atoms with E-state index in [4.69, 9.17) is 0 Å². The van der Waals surface area contributed by atoms with Gasteiger partial charge in [-0.3, -0.25) is 0 Å². The molecule has 118 valence electrons. The van der Waals surface area contributed by atoms with Gasteiger partial charge in [0.25, 0.3) is 0 Å². The first-order chi connectivity index (χ1) is 10.1. The van der Waals surface area contributed by atoms with E-state index >= 15 is 0 Å². The average Bonchev–Trinajstić information content (AvgIpc) is 2.48. The normalized spacial score (nSPS) is 24.0. The van der Waals surface area contributed by atoms with Crippen LogP contribution >= 0.6 is 0 Å². The largest absolute Gasteiger partial charge is 0.435 e. The van der Waals surface area contributed by atoms with Crippen molar-refractivity contribution in [2.24, 2.45) is 5.92 Å². The molecule has 3 atom stereocenters. The standard InChI is InChI=1S/C17H25F2NO/c1-3-13-6-4-5-7-16(13)20-12(2)14-8-10-15(11-9-14)21-17(18)19/h8-13,16-17,20H,3-7H2,1-2H3. The predicted octanol–water partition coefficient (Wildman–Crippen LogP) is 4.91. The fourth-order valence-corrected chi connectivity index (χ4v) is 3.27. The molecular formula is C17H25F2NO. The van der Waals surface area contributed by atoms with Crippen LogP contribution in [0.5, 0.6) is 5.75 Å². The molecule has 0 spiro atoms. The highest BCUT2D eigenvalue weighted by molar-refractivity contribution is 5.29. The summed E-state index contributed by atoms with van der Waals surface area (Å²) in [5.41, 5.74) is 1.11. The van der Waals surface area contributed by atoms with Gasteiger partial charge in [-0.25, -0.2) is 0 Å². The fourth-order valence-electron chi connectivity index (χ4n) is 3.27. The molecule has 1 aliphatic carbocycles. The molecule has 3 unspecified atom stereocenters. The molecule has 1 saturated carbocycles. The van der Waals surface area contributed by atoms with Crippen LogP contribution in [0.25, 0.3) is 0 Å². The Morgan fingerprint density at radius 1 is 1.19 bits per heavy atom. The van der Waals surface area contributed by atoms with Crippen molar-refractivity contribution in [3.8, 4) is 5.75 Å². The van der Waals surface area contributed by atoms with E-state index in [2.05, 4.69) is 23.9 Å². The maximum Gasteiger partial charge on any atom is 0.387 e. The van der Waals surface area contributed by atoms with Gasteiger partial charge in [0, 0.05) is 12.1 Å². The van der Waals surface area contributed by atoms with E-state index in [1.165, 1.54) is 32.1 Å². The van der Waals surface area contributed by atoms with E-state index < -0.39 is 6.61 Å². The van der Waals surface area contributed by atoms with Crippen molar-refractivity contribution >= 4 is 0 Å². The Balaban J connectivity index is 1.94. The first-order valence-corrected chi connectivity index (χ1v) is 7.91. The predicted molar refractivity (Wildman–Crippen MR) is 80.7 cm³/mol. The van der Waals surface area contributed by atoms with Gasteiger partial charge in [-0.1, -0.05) is 38.3 Å². The first-order valence-electron chi connectivity index (χ1n) is 7.91. The van der Waals surface area contributed by atoms with E-state index in [1.54, 1.807) is 12.1 Å². The number of nitrogens with one attached hydrogen (secondary N) is 1. The van der Waals surface area contributed by atoms with Gasteiger partial charge in [0.1, 0.15) is 5.75 Å². The van der Waals surface area contributed by atoms with E-state index in [0.717, 1.165) is 11.5 Å². The first kappa shape index (κ1) is 16.2. The second kappa shape index (κ2) is 7.74. The van der Waals surface area contributed by atoms with E-state index in [1.807, 2.05) is 12.1 Å². The van der Waals surface area contributed by atoms with Crippen LogP contribution in [0.1, 0.15) is 57.6 Å². The minimum absolute atomic E-state index is 0.213. The second-order valence-corrected chi connectivity index (χ2v) is 5.90. The fraction of sp³-hybridized carbons (Fsp3) is 0.647. The summed E-state index contributed by atoms with van der Waals surface area (Å²) in [6.07, 6.45) is 6.38. The van der Waals surface area contributed by atoms with Crippen LogP contribution in [-0.4, -0.2) is 12.7 Å². The molecule has 1 fully saturated rings. The average molecular weight is 297 g/mol. The van der Waals surface area contributed by atoms with Gasteiger partial charge in [-0.05, 0) is 43.4 Å². The lowest BCUT2D eigenvalue weighted by Gasteiger charge is -2.34. The Kier molecular flexibility index (Phi) is 5.97. The zero-order valence-electron chi connectivity index (χ0n) is 12.8. The Morgan fingerprint density at radius 2 is 1.86 bits per heavy atom. The topological polar surface area (TPSA) is 21.3 Å². The number of hydrogen-bond donors (Lipinski definition) is 1. The monoisotopic (exact) mass is 297 g/mol. The molecule has 1 aromatic carbocycles. The van der Waals surface area contributed by atoms with Crippen LogP contribution in [0.15, 0.2) is 24.3 Å². The lowest BCUT2D eigenvalue weighted by atomic mass is 9.82. The van der Waals surface area contributed by atoms with Crippen LogP contribution in [0.4, 0.5) is 8.78 Å². The highest BCUT2D eigenvalue weighted by Crippen LogP contribution is 2.29. The lowest BCUT2D eigenvalue weighted by Crippen LogP contribution is -2.39. The van der Waals surface area contributed by atoms with Crippen molar-refractivity contribution in [3.05, 3.63) is 29.8 Å². The molecule has 0 bridgehead atoms. The molecule has 2 nitrogen and oxygen atoms in total. The minimum atomic E-state index is -2.76. The molecule has 1 aliphatic rings. The number of halogens is 2. The third-order valence-electron chi connectivity index (χ3n) is 4.50. The van der Waals surface area contributed by atoms with Crippen LogP contribution < -0.4 is 10.1 Å². The molecule has 0 amide bonds. The molecule has 0 aliphatic heterocycles. The zero-order valence-corrected chi connectivity index (χ0v) is 12.8. The molecule has 0 heterocycles. The van der Waals surface area contributed by atoms with E-state index in [-0.39, 0.29) is 11.8 Å². The third kappa shape index (κ3) is 4.67. The number of rotatable bonds is 6. The van der Waals surface area contributed by atoms with Crippen LogP contribution in [0.3, 0.4) is 0 Å². The minimum Gasteiger partial charge on any atom is -0.435 e. The van der Waals surface area contributed by atoms with Crippen molar-refractivity contribution in [1.82, 2.24) is 5.32 Å². The van der Waals surface area contributed by atoms with Gasteiger partial charge in [-0.15, -0.1) is 0 Å². The summed E-state index contributed by atoms with van der Waals surface area (Å²) in [7, 11) is 0. The molecule has 4 heteroatoms. The SMILES string of the molecule is CCC1CCCCC1NC(C)c1ccc(OC(F)F)cc1. The summed E-state index contributed by atoms with van der Waals surface area (Å²) in [6, 6.07) is 7.73. The summed E-state index contributed by atoms with van der Waals surface area (Å²) in [5.74, 6) is 0.965. The van der Waals surface area contributed by atoms with Gasteiger partial charge < -0.3 is 10.1 Å². The number of ether oxygens (including phenoxy) is 1. The third-order valence-corrected chi connectivity index (χ3v) is 4.50. The van der Waals surface area contributed by atoms with Crippen molar-refractivity contribution in [1.29, 1.82) is 0 Å². The summed E-state index contributed by atoms with van der Waals surface area (Å²) in [5, 5.41) is 3.71. The highest BCUT2D eigenvalue weighted by Gasteiger charge is 2.24. The molecule has 0 saturated heterocycles. The number of hydrogen-bond acceptors (Lipinski definition) is 2. The van der Waals surface area contributed by atoms with Crippen molar-refractivity contribution in [2.45, 2.75) is 64.6 Å². The Labute approximate surface area is 125 Å². The quantitative estimate of drug-likeness (QED) is 0.805. The number of benzene rings is 1. The second-order valence-electron chi connectivity index (χ2n) is 5.90. The van der Waals surface area contributed by atoms with Crippen LogP contribution in [0.2, 0.25) is 0 Å². The van der Waals surface area contributed by atoms with Crippen molar-refractivity contribution in [3.63, 3.8) is 0 Å². The number of alkyl halides is 2. The molecule has 21 heavy (non-hydrogen) atoms. The highest BCUT2D eigenvalue weighted by atomic mass is 19.3. The maximum absolute atomic E-state index is 12.1. The smallest absolute Gasteiger partial charge is 0.387 e. The molecule has 0 aromatic heterocycles. The van der Waals surface area contributed by atoms with Crippen molar-refractivity contribution in [2.75, 3.05) is 0 Å². The molecular weight excluding hydrogens is 272 g/mol. The van der Waals surface area contributed by atoms with Crippen molar-refractivity contribution < 1.29 is 13.5 Å². The summed E-state index contributed by atoms with van der Waals surface area (Å²) in [4.78, 5) is 0. The van der Waals surface area contributed by atoms with Gasteiger partial charge in [0.15, 0.2) is 0 Å². The Hall–Kier alpha value is -1.16. The molecule has 1 aromatic rings. The van der Waals surface area contributed by atoms with E-state index in [0.29, 0.717) is 6.04 Å². The summed E-state index contributed by atoms with van der Waals surface area (Å²) < 4.78 is 28.7. The van der Waals surface area contributed by atoms with Gasteiger partial charge in [0.05, 0.1) is 0 Å². The molecule has 1 N–H and O–H groups in total. The molecule has 2 rings (SSSR count). The molecule has 0 radical (unpaired) electrons. The Bertz CT molecular complexity index is 421. The van der Waals surface area contributed by atoms with E-state index in [9.17, 15) is 8.78 Å². The van der Waals surface area contributed by atoms with Gasteiger partial charge in [-0.2, -0.15) is 8.78 Å². The summed E-state index contributed by atoms with van der Waals surface area (Å²) >= 11 is 0. The lowest BCUT2D eigenvalue weighted by molar-refractivity contribution is -0.0498. The van der Waals surface area contributed by atoms with Crippen LogP contribution in [-0.2, 0) is 0 Å². The van der Waals surface area contributed by atoms with Gasteiger partial charge in [0.2, 0.25) is 0 Å². The Morgan fingerprint density at radius 3 is 2.48 bits per heavy atom. The maximum atomic E-state index is 12.1. The zero-order chi connectivity index (χ0) is 15.2. The summed E-state index contributed by atoms with van der Waals surface area (Å²) in [6.45, 7) is 1.62.